The molecule has 3 heterocycles. The van der Waals surface area contributed by atoms with Gasteiger partial charge in [0, 0.05) is 19.3 Å². The average molecular weight is 394 g/mol. The summed E-state index contributed by atoms with van der Waals surface area (Å²) in [7, 11) is 0. The van der Waals surface area contributed by atoms with Crippen molar-refractivity contribution in [2.45, 2.75) is 32.7 Å². The second kappa shape index (κ2) is 7.50. The van der Waals surface area contributed by atoms with Crippen LogP contribution in [0, 0.1) is 13.8 Å². The minimum Gasteiger partial charge on any atom is -0.478 e. The Morgan fingerprint density at radius 1 is 1.17 bits per heavy atom. The lowest BCUT2D eigenvalue weighted by Crippen LogP contribution is -2.39. The van der Waals surface area contributed by atoms with Crippen molar-refractivity contribution in [3.8, 4) is 5.69 Å². The number of aromatic carboxylic acids is 1. The average Bonchev–Trinajstić information content (AvgIpc) is 3.35. The summed E-state index contributed by atoms with van der Waals surface area (Å²) < 4.78 is 3.37. The van der Waals surface area contributed by atoms with Gasteiger partial charge >= 0.3 is 5.97 Å². The number of rotatable bonds is 4. The summed E-state index contributed by atoms with van der Waals surface area (Å²) >= 11 is 0. The predicted molar refractivity (Wildman–Crippen MR) is 104 cm³/mol. The van der Waals surface area contributed by atoms with Crippen molar-refractivity contribution in [2.24, 2.45) is 0 Å². The summed E-state index contributed by atoms with van der Waals surface area (Å²) in [5.41, 5.74) is 3.22. The number of carboxylic acids is 1. The third kappa shape index (κ3) is 3.63. The number of aromatic nitrogens is 5. The molecule has 0 bridgehead atoms. The molecule has 1 amide bonds. The fourth-order valence-electron chi connectivity index (χ4n) is 3.66. The van der Waals surface area contributed by atoms with Crippen molar-refractivity contribution in [3.63, 3.8) is 0 Å². The maximum absolute atomic E-state index is 13.0. The number of benzene rings is 1. The monoisotopic (exact) mass is 394 g/mol. The molecule has 1 aromatic carbocycles. The molecule has 4 rings (SSSR count). The van der Waals surface area contributed by atoms with Crippen LogP contribution in [-0.4, -0.2) is 59.7 Å². The van der Waals surface area contributed by atoms with Gasteiger partial charge in [0.1, 0.15) is 0 Å². The van der Waals surface area contributed by atoms with E-state index in [9.17, 15) is 9.59 Å². The maximum Gasteiger partial charge on any atom is 0.338 e. The molecule has 29 heavy (non-hydrogen) atoms. The lowest BCUT2D eigenvalue weighted by atomic mass is 10.0. The van der Waals surface area contributed by atoms with E-state index >= 15 is 0 Å². The molecule has 0 saturated carbocycles. The number of carboxylic acid groups (broad SMARTS) is 1. The van der Waals surface area contributed by atoms with Crippen LogP contribution < -0.4 is 0 Å². The van der Waals surface area contributed by atoms with Gasteiger partial charge in [-0.25, -0.2) is 9.48 Å². The van der Waals surface area contributed by atoms with E-state index in [0.717, 1.165) is 11.3 Å². The third-order valence-corrected chi connectivity index (χ3v) is 5.32. The minimum atomic E-state index is -0.990. The van der Waals surface area contributed by atoms with Gasteiger partial charge in [0.15, 0.2) is 5.69 Å². The zero-order chi connectivity index (χ0) is 20.5. The normalized spacial score (nSPS) is 14.9. The molecule has 1 fully saturated rings. The van der Waals surface area contributed by atoms with E-state index in [-0.39, 0.29) is 17.5 Å². The minimum absolute atomic E-state index is 0.0798. The number of carbonyl (C=O) groups is 2. The van der Waals surface area contributed by atoms with E-state index < -0.39 is 5.97 Å². The van der Waals surface area contributed by atoms with Crippen molar-refractivity contribution in [1.29, 1.82) is 0 Å². The molecule has 0 unspecified atom stereocenters. The number of aryl methyl sites for hydroxylation is 1. The molecule has 9 nitrogen and oxygen atoms in total. The summed E-state index contributed by atoms with van der Waals surface area (Å²) in [6.45, 7) is 4.97. The molecule has 0 atom stereocenters. The Balaban J connectivity index is 1.45. The maximum atomic E-state index is 13.0. The van der Waals surface area contributed by atoms with Crippen LogP contribution >= 0.6 is 0 Å². The number of hydrogen-bond donors (Lipinski definition) is 1. The van der Waals surface area contributed by atoms with Crippen LogP contribution in [0.15, 0.2) is 36.7 Å². The van der Waals surface area contributed by atoms with E-state index in [0.29, 0.717) is 37.3 Å². The molecule has 2 aromatic heterocycles. The van der Waals surface area contributed by atoms with Gasteiger partial charge in [0.05, 0.1) is 29.2 Å². The molecule has 150 valence electrons. The van der Waals surface area contributed by atoms with Gasteiger partial charge in [0.25, 0.3) is 5.91 Å². The van der Waals surface area contributed by atoms with Gasteiger partial charge in [-0.1, -0.05) is 17.3 Å². The second-order valence-electron chi connectivity index (χ2n) is 7.31. The molecular weight excluding hydrogens is 372 g/mol. The number of nitrogens with zero attached hydrogens (tertiary/aromatic N) is 6. The summed E-state index contributed by atoms with van der Waals surface area (Å²) in [4.78, 5) is 25.8. The lowest BCUT2D eigenvalue weighted by molar-refractivity contribution is 0.0682. The molecule has 0 radical (unpaired) electrons. The highest BCUT2D eigenvalue weighted by atomic mass is 16.4. The van der Waals surface area contributed by atoms with Gasteiger partial charge in [-0.15, -0.1) is 5.10 Å². The SMILES string of the molecule is Cc1cccc(-n2nnc(C(=O)N3CCC(n4cc(C(=O)O)cn4)CC3)c2C)c1. The molecule has 0 spiro atoms. The van der Waals surface area contributed by atoms with Gasteiger partial charge in [-0.2, -0.15) is 5.10 Å². The lowest BCUT2D eigenvalue weighted by Gasteiger charge is -2.31. The third-order valence-electron chi connectivity index (χ3n) is 5.32. The highest BCUT2D eigenvalue weighted by Gasteiger charge is 2.28. The summed E-state index contributed by atoms with van der Waals surface area (Å²) in [6.07, 6.45) is 4.31. The molecule has 1 aliphatic rings. The molecule has 0 aliphatic carbocycles. The second-order valence-corrected chi connectivity index (χ2v) is 7.31. The molecular formula is C20H22N6O3. The van der Waals surface area contributed by atoms with E-state index in [4.69, 9.17) is 5.11 Å². The van der Waals surface area contributed by atoms with E-state index in [1.807, 2.05) is 38.1 Å². The van der Waals surface area contributed by atoms with Crippen LogP contribution in [-0.2, 0) is 0 Å². The number of amides is 1. The van der Waals surface area contributed by atoms with Crippen molar-refractivity contribution in [3.05, 3.63) is 59.2 Å². The number of piperidine rings is 1. The first kappa shape index (κ1) is 18.9. The first-order chi connectivity index (χ1) is 13.9. The zero-order valence-corrected chi connectivity index (χ0v) is 16.3. The summed E-state index contributed by atoms with van der Waals surface area (Å²) in [5, 5.41) is 21.5. The molecule has 3 aromatic rings. The Kier molecular flexibility index (Phi) is 4.87. The predicted octanol–water partition coefficient (Wildman–Crippen LogP) is 2.26. The van der Waals surface area contributed by atoms with E-state index in [1.54, 1.807) is 20.5 Å². The van der Waals surface area contributed by atoms with Crippen LogP contribution in [0.4, 0.5) is 0 Å². The van der Waals surface area contributed by atoms with Crippen LogP contribution in [0.5, 0.6) is 0 Å². The van der Waals surface area contributed by atoms with Gasteiger partial charge in [-0.3, -0.25) is 9.48 Å². The fourth-order valence-corrected chi connectivity index (χ4v) is 3.66. The van der Waals surface area contributed by atoms with E-state index in [2.05, 4.69) is 15.4 Å². The first-order valence-electron chi connectivity index (χ1n) is 9.50. The Bertz CT molecular complexity index is 1060. The summed E-state index contributed by atoms with van der Waals surface area (Å²) in [6, 6.07) is 7.96. The molecule has 9 heteroatoms. The topological polar surface area (TPSA) is 106 Å². The Hall–Kier alpha value is -3.49. The van der Waals surface area contributed by atoms with Gasteiger partial charge < -0.3 is 10.0 Å². The number of likely N-dealkylation sites (tertiary alicyclic amines) is 1. The van der Waals surface area contributed by atoms with Crippen LogP contribution in [0.2, 0.25) is 0 Å². The van der Waals surface area contributed by atoms with Crippen molar-refractivity contribution < 1.29 is 14.7 Å². The van der Waals surface area contributed by atoms with Crippen molar-refractivity contribution in [2.75, 3.05) is 13.1 Å². The Morgan fingerprint density at radius 3 is 2.59 bits per heavy atom. The summed E-state index contributed by atoms with van der Waals surface area (Å²) in [5.74, 6) is -1.12. The number of hydrogen-bond acceptors (Lipinski definition) is 5. The smallest absolute Gasteiger partial charge is 0.338 e. The largest absolute Gasteiger partial charge is 0.478 e. The quantitative estimate of drug-likeness (QED) is 0.727. The number of carbonyl (C=O) groups excluding carboxylic acids is 1. The van der Waals surface area contributed by atoms with Crippen LogP contribution in [0.1, 0.15) is 51.0 Å². The highest BCUT2D eigenvalue weighted by molar-refractivity contribution is 5.93. The van der Waals surface area contributed by atoms with Gasteiger partial charge in [0.2, 0.25) is 0 Å². The van der Waals surface area contributed by atoms with Crippen molar-refractivity contribution >= 4 is 11.9 Å². The molecule has 1 saturated heterocycles. The molecule has 1 N–H and O–H groups in total. The first-order valence-corrected chi connectivity index (χ1v) is 9.50. The van der Waals surface area contributed by atoms with Crippen LogP contribution in [0.3, 0.4) is 0 Å². The van der Waals surface area contributed by atoms with Crippen molar-refractivity contribution in [1.82, 2.24) is 29.7 Å². The standard InChI is InChI=1S/C20H22N6O3/c1-13-4-3-5-17(10-13)26-14(2)18(22-23-26)19(27)24-8-6-16(7-9-24)25-12-15(11-21-25)20(28)29/h3-5,10-12,16H,6-9H2,1-2H3,(H,28,29). The zero-order valence-electron chi connectivity index (χ0n) is 16.3. The molecule has 1 aliphatic heterocycles. The fraction of sp³-hybridized carbons (Fsp3) is 0.350. The highest BCUT2D eigenvalue weighted by Crippen LogP contribution is 2.24. The Labute approximate surface area is 167 Å². The van der Waals surface area contributed by atoms with Gasteiger partial charge in [-0.05, 0) is 44.4 Å². The van der Waals surface area contributed by atoms with Crippen LogP contribution in [0.25, 0.3) is 5.69 Å². The Morgan fingerprint density at radius 2 is 1.93 bits per heavy atom. The van der Waals surface area contributed by atoms with E-state index in [1.165, 1.54) is 6.20 Å².